The fourth-order valence-electron chi connectivity index (χ4n) is 2.68. The first-order chi connectivity index (χ1) is 12.1. The molecule has 0 radical (unpaired) electrons. The second kappa shape index (κ2) is 7.15. The molecule has 1 aliphatic heterocycles. The summed E-state index contributed by atoms with van der Waals surface area (Å²) in [7, 11) is 0. The van der Waals surface area contributed by atoms with Crippen LogP contribution in [0.1, 0.15) is 31.9 Å². The largest absolute Gasteiger partial charge is 0.591 e. The van der Waals surface area contributed by atoms with Crippen LogP contribution in [0.15, 0.2) is 45.3 Å². The zero-order chi connectivity index (χ0) is 19.1. The van der Waals surface area contributed by atoms with Crippen molar-refractivity contribution in [2.24, 2.45) is 4.40 Å². The molecule has 7 heteroatoms. The predicted octanol–water partition coefficient (Wildman–Crippen LogP) is 5.61. The van der Waals surface area contributed by atoms with E-state index in [4.69, 9.17) is 16.3 Å². The standard InChI is InChI=1S/C19H18BrClFNO2S/c1-18(2,3)26(24)23-11-19(12-7-5-4-6-8-12)10-13-15(25-19)9-14(22)17(21)16(13)20/h4-9,11H,10H2,1-3H3. The van der Waals surface area contributed by atoms with Gasteiger partial charge in [0.15, 0.2) is 5.60 Å². The summed E-state index contributed by atoms with van der Waals surface area (Å²) in [6.07, 6.45) is 1.97. The third kappa shape index (κ3) is 3.65. The zero-order valence-electron chi connectivity index (χ0n) is 14.6. The molecule has 0 saturated heterocycles. The minimum atomic E-state index is -1.43. The van der Waals surface area contributed by atoms with Crippen molar-refractivity contribution in [1.82, 2.24) is 0 Å². The Morgan fingerprint density at radius 3 is 2.62 bits per heavy atom. The van der Waals surface area contributed by atoms with Crippen molar-refractivity contribution in [1.29, 1.82) is 0 Å². The van der Waals surface area contributed by atoms with Gasteiger partial charge in [-0.1, -0.05) is 46.3 Å². The lowest BCUT2D eigenvalue weighted by Gasteiger charge is -2.26. The molecule has 2 atom stereocenters. The van der Waals surface area contributed by atoms with Gasteiger partial charge in [-0.3, -0.25) is 0 Å². The van der Waals surface area contributed by atoms with Crippen molar-refractivity contribution in [3.63, 3.8) is 0 Å². The lowest BCUT2D eigenvalue weighted by atomic mass is 9.90. The molecule has 26 heavy (non-hydrogen) atoms. The predicted molar refractivity (Wildman–Crippen MR) is 108 cm³/mol. The summed E-state index contributed by atoms with van der Waals surface area (Å²) in [6, 6.07) is 10.8. The van der Waals surface area contributed by atoms with E-state index in [1.807, 2.05) is 51.1 Å². The SMILES string of the molecule is CC(C)(C)[S+]([O-])N=CC1(c2ccccc2)Cc2c(cc(F)c(Cl)c2Br)O1. The number of benzene rings is 2. The van der Waals surface area contributed by atoms with E-state index in [0.717, 1.165) is 11.1 Å². The highest BCUT2D eigenvalue weighted by molar-refractivity contribution is 9.10. The molecule has 1 heterocycles. The van der Waals surface area contributed by atoms with Crippen molar-refractivity contribution in [2.45, 2.75) is 37.5 Å². The molecule has 0 bridgehead atoms. The highest BCUT2D eigenvalue weighted by Crippen LogP contribution is 2.47. The summed E-state index contributed by atoms with van der Waals surface area (Å²) >= 11 is 7.95. The lowest BCUT2D eigenvalue weighted by Crippen LogP contribution is -2.35. The summed E-state index contributed by atoms with van der Waals surface area (Å²) in [6.45, 7) is 5.56. The molecule has 0 spiro atoms. The van der Waals surface area contributed by atoms with Crippen molar-refractivity contribution in [2.75, 3.05) is 0 Å². The van der Waals surface area contributed by atoms with Crippen LogP contribution in [-0.2, 0) is 23.4 Å². The van der Waals surface area contributed by atoms with Crippen LogP contribution in [0.2, 0.25) is 5.02 Å². The first kappa shape index (κ1) is 19.7. The van der Waals surface area contributed by atoms with Gasteiger partial charge in [0.05, 0.1) is 5.02 Å². The van der Waals surface area contributed by atoms with Crippen LogP contribution in [0, 0.1) is 5.82 Å². The van der Waals surface area contributed by atoms with Crippen LogP contribution in [0.5, 0.6) is 5.75 Å². The second-order valence-corrected chi connectivity index (χ2v) is 10.2. The summed E-state index contributed by atoms with van der Waals surface area (Å²) in [5.41, 5.74) is 0.631. The smallest absolute Gasteiger partial charge is 0.178 e. The minimum Gasteiger partial charge on any atom is -0.591 e. The average Bonchev–Trinajstić information content (AvgIpc) is 2.97. The van der Waals surface area contributed by atoms with Crippen molar-refractivity contribution in [3.05, 3.63) is 62.8 Å². The fourth-order valence-corrected chi connectivity index (χ4v) is 3.96. The van der Waals surface area contributed by atoms with Crippen LogP contribution >= 0.6 is 27.5 Å². The monoisotopic (exact) mass is 457 g/mol. The Morgan fingerprint density at radius 2 is 2.00 bits per heavy atom. The molecule has 0 amide bonds. The first-order valence-electron chi connectivity index (χ1n) is 8.02. The van der Waals surface area contributed by atoms with E-state index in [1.165, 1.54) is 6.07 Å². The van der Waals surface area contributed by atoms with Crippen LogP contribution in [0.4, 0.5) is 4.39 Å². The molecule has 0 aromatic heterocycles. The summed E-state index contributed by atoms with van der Waals surface area (Å²) < 4.78 is 36.8. The second-order valence-electron chi connectivity index (χ2n) is 7.09. The van der Waals surface area contributed by atoms with E-state index in [1.54, 1.807) is 6.21 Å². The molecule has 2 aromatic rings. The number of hydrogen-bond acceptors (Lipinski definition) is 3. The molecule has 0 fully saturated rings. The van der Waals surface area contributed by atoms with Gasteiger partial charge >= 0.3 is 0 Å². The van der Waals surface area contributed by atoms with E-state index >= 15 is 0 Å². The minimum absolute atomic E-state index is 0.0198. The van der Waals surface area contributed by atoms with Crippen LogP contribution in [0.3, 0.4) is 0 Å². The topological polar surface area (TPSA) is 44.7 Å². The normalized spacial score (nSPS) is 20.9. The van der Waals surface area contributed by atoms with Crippen molar-refractivity contribution >= 4 is 45.1 Å². The van der Waals surface area contributed by atoms with Gasteiger partial charge in [0, 0.05) is 28.1 Å². The molecule has 2 unspecified atom stereocenters. The van der Waals surface area contributed by atoms with Crippen LogP contribution in [0.25, 0.3) is 0 Å². The molecule has 3 rings (SSSR count). The van der Waals surface area contributed by atoms with Crippen molar-refractivity contribution in [3.8, 4) is 5.75 Å². The third-order valence-electron chi connectivity index (χ3n) is 4.10. The first-order valence-corrected chi connectivity index (χ1v) is 10.3. The number of ether oxygens (including phenoxy) is 1. The van der Waals surface area contributed by atoms with E-state index in [-0.39, 0.29) is 5.02 Å². The summed E-state index contributed by atoms with van der Waals surface area (Å²) in [4.78, 5) is 0. The molecule has 0 N–H and O–H groups in total. The van der Waals surface area contributed by atoms with Gasteiger partial charge in [0.1, 0.15) is 33.9 Å². The number of hydrogen-bond donors (Lipinski definition) is 0. The quantitative estimate of drug-likeness (QED) is 0.341. The van der Waals surface area contributed by atoms with Gasteiger partial charge in [-0.25, -0.2) is 4.39 Å². The fraction of sp³-hybridized carbons (Fsp3) is 0.316. The summed E-state index contributed by atoms with van der Waals surface area (Å²) in [5, 5.41) is 0.0198. The molecule has 3 nitrogen and oxygen atoms in total. The Kier molecular flexibility index (Phi) is 5.41. The summed E-state index contributed by atoms with van der Waals surface area (Å²) in [5.74, 6) is -0.160. The molecule has 0 saturated carbocycles. The highest BCUT2D eigenvalue weighted by atomic mass is 79.9. The van der Waals surface area contributed by atoms with Gasteiger partial charge in [0.2, 0.25) is 0 Å². The Hall–Kier alpha value is -1.08. The van der Waals surface area contributed by atoms with E-state index in [2.05, 4.69) is 20.3 Å². The third-order valence-corrected chi connectivity index (χ3v) is 6.91. The number of nitrogens with zero attached hydrogens (tertiary/aromatic N) is 1. The lowest BCUT2D eigenvalue weighted by molar-refractivity contribution is 0.177. The van der Waals surface area contributed by atoms with Gasteiger partial charge in [0.25, 0.3) is 0 Å². The van der Waals surface area contributed by atoms with Gasteiger partial charge < -0.3 is 9.29 Å². The molecule has 2 aromatic carbocycles. The van der Waals surface area contributed by atoms with E-state index in [9.17, 15) is 8.94 Å². The molecule has 1 aliphatic rings. The Balaban J connectivity index is 2.08. The van der Waals surface area contributed by atoms with Crippen LogP contribution in [-0.4, -0.2) is 15.5 Å². The van der Waals surface area contributed by atoms with E-state index < -0.39 is 27.5 Å². The maximum Gasteiger partial charge on any atom is 0.178 e. The van der Waals surface area contributed by atoms with E-state index in [0.29, 0.717) is 16.6 Å². The maximum atomic E-state index is 14.0. The molecular formula is C19H18BrClFNO2S. The molecule has 138 valence electrons. The highest BCUT2D eigenvalue weighted by Gasteiger charge is 2.43. The zero-order valence-corrected chi connectivity index (χ0v) is 17.7. The number of fused-ring (bicyclic) bond motifs is 1. The maximum absolute atomic E-state index is 14.0. The Labute approximate surface area is 169 Å². The van der Waals surface area contributed by atoms with Crippen molar-refractivity contribution < 1.29 is 13.7 Å². The average molecular weight is 459 g/mol. The van der Waals surface area contributed by atoms with Gasteiger partial charge in [-0.15, -0.1) is 0 Å². The van der Waals surface area contributed by atoms with Gasteiger partial charge in [-0.2, -0.15) is 0 Å². The van der Waals surface area contributed by atoms with Crippen LogP contribution < -0.4 is 4.74 Å². The van der Waals surface area contributed by atoms with Gasteiger partial charge in [-0.05, 0) is 36.7 Å². The molecule has 0 aliphatic carbocycles. The number of rotatable bonds is 3. The molecular weight excluding hydrogens is 441 g/mol. The Morgan fingerprint density at radius 1 is 1.35 bits per heavy atom. The Bertz CT molecular complexity index is 857. The number of halogens is 3.